The molecule has 158 valence electrons. The van der Waals surface area contributed by atoms with Crippen LogP contribution in [0.5, 0.6) is 0 Å². The van der Waals surface area contributed by atoms with E-state index in [4.69, 9.17) is 4.74 Å². The van der Waals surface area contributed by atoms with Crippen LogP contribution in [-0.4, -0.2) is 59.0 Å². The van der Waals surface area contributed by atoms with Crippen molar-refractivity contribution in [3.63, 3.8) is 0 Å². The van der Waals surface area contributed by atoms with Gasteiger partial charge in [-0.25, -0.2) is 9.97 Å². The molecule has 3 heterocycles. The maximum absolute atomic E-state index is 13.1. The first-order valence-electron chi connectivity index (χ1n) is 10.3. The number of anilines is 2. The number of aromatic nitrogens is 2. The van der Waals surface area contributed by atoms with Crippen LogP contribution >= 0.6 is 0 Å². The average molecular weight is 409 g/mol. The number of hydrogen-bond acceptors (Lipinski definition) is 6. The van der Waals surface area contributed by atoms with E-state index in [2.05, 4.69) is 22.2 Å². The lowest BCUT2D eigenvalue weighted by molar-refractivity contribution is -0.117. The number of morpholine rings is 1. The molecule has 2 aliphatic rings. The average Bonchev–Trinajstić information content (AvgIpc) is 2.77. The van der Waals surface area contributed by atoms with E-state index in [0.29, 0.717) is 37.8 Å². The summed E-state index contributed by atoms with van der Waals surface area (Å²) in [6.45, 7) is 8.00. The minimum atomic E-state index is -0.134. The number of fused-ring (bicyclic) bond motifs is 1. The van der Waals surface area contributed by atoms with E-state index >= 15 is 0 Å². The quantitative estimate of drug-likeness (QED) is 0.838. The van der Waals surface area contributed by atoms with E-state index in [1.807, 2.05) is 34.9 Å². The van der Waals surface area contributed by atoms with Gasteiger partial charge in [-0.3, -0.25) is 9.59 Å². The van der Waals surface area contributed by atoms with E-state index in [-0.39, 0.29) is 29.8 Å². The first-order chi connectivity index (χ1) is 14.5. The van der Waals surface area contributed by atoms with Gasteiger partial charge in [0.2, 0.25) is 11.9 Å². The van der Waals surface area contributed by atoms with Crippen LogP contribution in [0.4, 0.5) is 11.6 Å². The predicted octanol–water partition coefficient (Wildman–Crippen LogP) is 2.49. The minimum Gasteiger partial charge on any atom is -0.378 e. The third kappa shape index (κ3) is 3.75. The molecule has 3 unspecified atom stereocenters. The molecule has 0 radical (unpaired) electrons. The van der Waals surface area contributed by atoms with E-state index in [9.17, 15) is 9.59 Å². The van der Waals surface area contributed by atoms with Crippen LogP contribution in [0.1, 0.15) is 42.7 Å². The summed E-state index contributed by atoms with van der Waals surface area (Å²) in [4.78, 5) is 37.7. The van der Waals surface area contributed by atoms with Gasteiger partial charge in [-0.15, -0.1) is 0 Å². The van der Waals surface area contributed by atoms with Crippen molar-refractivity contribution in [3.8, 4) is 0 Å². The Labute approximate surface area is 176 Å². The lowest BCUT2D eigenvalue weighted by Crippen LogP contribution is -2.48. The SMILES string of the molecule is CC(=O)N1c2ccc(C(=O)N3CCOCC3)cc2C(Nc2ncccn2)C(C)C1C. The van der Waals surface area contributed by atoms with Crippen molar-refractivity contribution in [1.29, 1.82) is 0 Å². The monoisotopic (exact) mass is 409 g/mol. The van der Waals surface area contributed by atoms with Gasteiger partial charge in [0.25, 0.3) is 5.91 Å². The van der Waals surface area contributed by atoms with Gasteiger partial charge in [0.15, 0.2) is 0 Å². The van der Waals surface area contributed by atoms with Gasteiger partial charge in [0.1, 0.15) is 0 Å². The smallest absolute Gasteiger partial charge is 0.254 e. The normalized spacial score (nSPS) is 23.6. The van der Waals surface area contributed by atoms with Gasteiger partial charge >= 0.3 is 0 Å². The summed E-state index contributed by atoms with van der Waals surface area (Å²) in [5, 5.41) is 3.42. The lowest BCUT2D eigenvalue weighted by Gasteiger charge is -2.44. The number of nitrogens with one attached hydrogen (secondary N) is 1. The molecule has 0 aliphatic carbocycles. The topological polar surface area (TPSA) is 87.7 Å². The summed E-state index contributed by atoms with van der Waals surface area (Å²) in [6.07, 6.45) is 3.38. The summed E-state index contributed by atoms with van der Waals surface area (Å²) >= 11 is 0. The fourth-order valence-corrected chi connectivity index (χ4v) is 4.30. The van der Waals surface area contributed by atoms with Crippen LogP contribution in [-0.2, 0) is 9.53 Å². The zero-order valence-electron chi connectivity index (χ0n) is 17.5. The van der Waals surface area contributed by atoms with E-state index in [0.717, 1.165) is 11.3 Å². The molecule has 3 atom stereocenters. The Kier molecular flexibility index (Phi) is 5.67. The van der Waals surface area contributed by atoms with Gasteiger partial charge in [-0.2, -0.15) is 0 Å². The Morgan fingerprint density at radius 2 is 1.83 bits per heavy atom. The molecule has 1 fully saturated rings. The zero-order valence-corrected chi connectivity index (χ0v) is 17.5. The molecule has 2 aromatic rings. The van der Waals surface area contributed by atoms with Crippen molar-refractivity contribution in [1.82, 2.24) is 14.9 Å². The number of hydrogen-bond donors (Lipinski definition) is 1. The highest BCUT2D eigenvalue weighted by molar-refractivity contribution is 5.98. The van der Waals surface area contributed by atoms with Crippen molar-refractivity contribution < 1.29 is 14.3 Å². The molecule has 30 heavy (non-hydrogen) atoms. The van der Waals surface area contributed by atoms with Gasteiger partial charge in [-0.05, 0) is 36.8 Å². The molecule has 1 aromatic heterocycles. The van der Waals surface area contributed by atoms with E-state index < -0.39 is 0 Å². The fraction of sp³-hybridized carbons (Fsp3) is 0.455. The fourth-order valence-electron chi connectivity index (χ4n) is 4.30. The molecule has 8 heteroatoms. The predicted molar refractivity (Wildman–Crippen MR) is 113 cm³/mol. The third-order valence-corrected chi connectivity index (χ3v) is 6.05. The Hall–Kier alpha value is -3.00. The van der Waals surface area contributed by atoms with Crippen LogP contribution in [0.15, 0.2) is 36.7 Å². The molecular formula is C22H27N5O3. The van der Waals surface area contributed by atoms with Crippen molar-refractivity contribution in [2.45, 2.75) is 32.9 Å². The molecule has 0 spiro atoms. The summed E-state index contributed by atoms with van der Waals surface area (Å²) < 4.78 is 5.36. The van der Waals surface area contributed by atoms with Gasteiger partial charge < -0.3 is 19.9 Å². The molecule has 1 saturated heterocycles. The van der Waals surface area contributed by atoms with Crippen LogP contribution < -0.4 is 10.2 Å². The number of ether oxygens (including phenoxy) is 1. The van der Waals surface area contributed by atoms with Crippen molar-refractivity contribution >= 4 is 23.5 Å². The highest BCUT2D eigenvalue weighted by Crippen LogP contribution is 2.42. The number of carbonyl (C=O) groups excluding carboxylic acids is 2. The first-order valence-corrected chi connectivity index (χ1v) is 10.3. The van der Waals surface area contributed by atoms with Crippen LogP contribution in [0.3, 0.4) is 0 Å². The number of carbonyl (C=O) groups is 2. The summed E-state index contributed by atoms with van der Waals surface area (Å²) in [6, 6.07) is 7.22. The molecule has 8 nitrogen and oxygen atoms in total. The molecule has 1 aromatic carbocycles. The number of benzene rings is 1. The highest BCUT2D eigenvalue weighted by atomic mass is 16.5. The standard InChI is InChI=1S/C22H27N5O3/c1-14-15(2)27(16(3)28)19-6-5-17(21(29)26-9-11-30-12-10-26)13-18(19)20(14)25-22-23-7-4-8-24-22/h4-8,13-15,20H,9-12H2,1-3H3,(H,23,24,25). The van der Waals surface area contributed by atoms with Crippen molar-refractivity contribution in [2.24, 2.45) is 5.92 Å². The highest BCUT2D eigenvalue weighted by Gasteiger charge is 2.39. The largest absolute Gasteiger partial charge is 0.378 e. The van der Waals surface area contributed by atoms with Crippen LogP contribution in [0.2, 0.25) is 0 Å². The lowest BCUT2D eigenvalue weighted by atomic mass is 9.82. The maximum Gasteiger partial charge on any atom is 0.254 e. The van der Waals surface area contributed by atoms with Crippen molar-refractivity contribution in [3.05, 3.63) is 47.8 Å². The summed E-state index contributed by atoms with van der Waals surface area (Å²) in [7, 11) is 0. The van der Waals surface area contributed by atoms with Crippen LogP contribution in [0.25, 0.3) is 0 Å². The maximum atomic E-state index is 13.1. The molecule has 1 N–H and O–H groups in total. The minimum absolute atomic E-state index is 0.0164. The van der Waals surface area contributed by atoms with Gasteiger partial charge in [0.05, 0.1) is 19.3 Å². The molecular weight excluding hydrogens is 382 g/mol. The van der Waals surface area contributed by atoms with Crippen molar-refractivity contribution in [2.75, 3.05) is 36.5 Å². The summed E-state index contributed by atoms with van der Waals surface area (Å²) in [5.41, 5.74) is 2.34. The third-order valence-electron chi connectivity index (χ3n) is 6.05. The molecule has 2 amide bonds. The van der Waals surface area contributed by atoms with Crippen LogP contribution in [0, 0.1) is 5.92 Å². The second kappa shape index (κ2) is 8.39. The number of rotatable bonds is 3. The zero-order chi connectivity index (χ0) is 21.3. The van der Waals surface area contributed by atoms with E-state index in [1.165, 1.54) is 0 Å². The van der Waals surface area contributed by atoms with E-state index in [1.54, 1.807) is 25.4 Å². The second-order valence-electron chi connectivity index (χ2n) is 7.86. The molecule has 0 bridgehead atoms. The Morgan fingerprint density at radius 1 is 1.13 bits per heavy atom. The first kappa shape index (κ1) is 20.3. The summed E-state index contributed by atoms with van der Waals surface area (Å²) in [5.74, 6) is 0.571. The second-order valence-corrected chi connectivity index (χ2v) is 7.86. The molecule has 2 aliphatic heterocycles. The van der Waals surface area contributed by atoms with Gasteiger partial charge in [-0.1, -0.05) is 6.92 Å². The Morgan fingerprint density at radius 3 is 2.50 bits per heavy atom. The molecule has 4 rings (SSSR count). The number of amides is 2. The number of nitrogens with zero attached hydrogens (tertiary/aromatic N) is 4. The Balaban J connectivity index is 1.74. The van der Waals surface area contributed by atoms with Gasteiger partial charge in [0, 0.05) is 55.6 Å². The molecule has 0 saturated carbocycles. The Bertz CT molecular complexity index is 930.